The Kier molecular flexibility index (Phi) is 5.02. The Morgan fingerprint density at radius 2 is 1.52 bits per heavy atom. The Labute approximate surface area is 192 Å². The van der Waals surface area contributed by atoms with Gasteiger partial charge < -0.3 is 0 Å². The van der Waals surface area contributed by atoms with Gasteiger partial charge in [0.05, 0.1) is 16.4 Å². The van der Waals surface area contributed by atoms with Crippen LogP contribution in [0.3, 0.4) is 0 Å². The van der Waals surface area contributed by atoms with E-state index in [1.165, 1.54) is 4.57 Å². The van der Waals surface area contributed by atoms with E-state index < -0.39 is 0 Å². The third-order valence-corrected chi connectivity index (χ3v) is 5.62. The van der Waals surface area contributed by atoms with Gasteiger partial charge in [-0.15, -0.1) is 5.10 Å². The number of hydrogen-bond donors (Lipinski definition) is 0. The monoisotopic (exact) mass is 466 g/mol. The Balaban J connectivity index is 1.84. The quantitative estimate of drug-likeness (QED) is 0.317. The van der Waals surface area contributed by atoms with E-state index in [4.69, 9.17) is 39.8 Å². The van der Waals surface area contributed by atoms with Crippen molar-refractivity contribution >= 4 is 45.8 Å². The molecule has 0 spiro atoms. The fraction of sp³-hybridized carbons (Fsp3) is 0. The SMILES string of the molecule is O=c1c2cn(-c3ccccc3)nc2nc(-c2ccc(Cl)cc2)n1-c1ccc(Cl)cc1Cl. The average Bonchev–Trinajstić information content (AvgIpc) is 3.20. The summed E-state index contributed by atoms with van der Waals surface area (Å²) in [7, 11) is 0. The molecule has 152 valence electrons. The highest BCUT2D eigenvalue weighted by Gasteiger charge is 2.19. The van der Waals surface area contributed by atoms with Crippen LogP contribution in [-0.4, -0.2) is 19.3 Å². The number of nitrogens with zero attached hydrogens (tertiary/aromatic N) is 4. The predicted octanol–water partition coefficient (Wildman–Crippen LogP) is 6.20. The van der Waals surface area contributed by atoms with Gasteiger partial charge in [0.1, 0.15) is 11.2 Å². The molecule has 2 aromatic heterocycles. The van der Waals surface area contributed by atoms with Crippen LogP contribution in [0.5, 0.6) is 0 Å². The van der Waals surface area contributed by atoms with Crippen LogP contribution in [0.4, 0.5) is 0 Å². The van der Waals surface area contributed by atoms with E-state index in [0.29, 0.717) is 43.2 Å². The molecule has 8 heteroatoms. The van der Waals surface area contributed by atoms with E-state index >= 15 is 0 Å². The van der Waals surface area contributed by atoms with Crippen LogP contribution in [-0.2, 0) is 0 Å². The molecule has 0 saturated carbocycles. The fourth-order valence-electron chi connectivity index (χ4n) is 3.36. The number of halogens is 3. The Bertz CT molecular complexity index is 1480. The smallest absolute Gasteiger partial charge is 0.268 e. The average molecular weight is 468 g/mol. The first-order chi connectivity index (χ1) is 15.0. The van der Waals surface area contributed by atoms with Gasteiger partial charge in [0.25, 0.3) is 5.56 Å². The van der Waals surface area contributed by atoms with Crippen molar-refractivity contribution in [2.75, 3.05) is 0 Å². The Morgan fingerprint density at radius 3 is 2.23 bits per heavy atom. The first-order valence-corrected chi connectivity index (χ1v) is 10.4. The molecular weight excluding hydrogens is 455 g/mol. The van der Waals surface area contributed by atoms with E-state index in [-0.39, 0.29) is 5.56 Å². The van der Waals surface area contributed by atoms with Crippen LogP contribution in [0.1, 0.15) is 0 Å². The second-order valence-corrected chi connectivity index (χ2v) is 8.11. The normalized spacial score (nSPS) is 11.2. The minimum absolute atomic E-state index is 0.290. The number of benzene rings is 3. The lowest BCUT2D eigenvalue weighted by Gasteiger charge is -2.14. The molecule has 31 heavy (non-hydrogen) atoms. The maximum absolute atomic E-state index is 13.6. The van der Waals surface area contributed by atoms with Crippen LogP contribution in [0.25, 0.3) is 33.8 Å². The predicted molar refractivity (Wildman–Crippen MR) is 125 cm³/mol. The van der Waals surface area contributed by atoms with E-state index in [0.717, 1.165) is 5.69 Å². The number of hydrogen-bond acceptors (Lipinski definition) is 3. The highest BCUT2D eigenvalue weighted by Crippen LogP contribution is 2.29. The Morgan fingerprint density at radius 1 is 0.806 bits per heavy atom. The highest BCUT2D eigenvalue weighted by atomic mass is 35.5. The van der Waals surface area contributed by atoms with Crippen molar-refractivity contribution < 1.29 is 0 Å². The van der Waals surface area contributed by atoms with Crippen molar-refractivity contribution in [2.24, 2.45) is 0 Å². The van der Waals surface area contributed by atoms with Crippen LogP contribution in [0, 0.1) is 0 Å². The zero-order chi connectivity index (χ0) is 21.5. The summed E-state index contributed by atoms with van der Waals surface area (Å²) in [5.74, 6) is 0.400. The van der Waals surface area contributed by atoms with Gasteiger partial charge in [0, 0.05) is 21.8 Å². The molecule has 0 atom stereocenters. The van der Waals surface area contributed by atoms with Gasteiger partial charge in [-0.25, -0.2) is 9.67 Å². The zero-order valence-electron chi connectivity index (χ0n) is 15.8. The number of para-hydroxylation sites is 1. The molecule has 0 saturated heterocycles. The second kappa shape index (κ2) is 7.85. The van der Waals surface area contributed by atoms with Crippen molar-refractivity contribution in [1.82, 2.24) is 19.3 Å². The summed E-state index contributed by atoms with van der Waals surface area (Å²) in [5.41, 5.74) is 2.04. The first-order valence-electron chi connectivity index (χ1n) is 9.30. The fourth-order valence-corrected chi connectivity index (χ4v) is 3.98. The minimum Gasteiger partial charge on any atom is -0.268 e. The second-order valence-electron chi connectivity index (χ2n) is 6.83. The molecule has 5 rings (SSSR count). The van der Waals surface area contributed by atoms with Gasteiger partial charge in [-0.3, -0.25) is 9.36 Å². The molecule has 0 bridgehead atoms. The largest absolute Gasteiger partial charge is 0.269 e. The highest BCUT2D eigenvalue weighted by molar-refractivity contribution is 6.35. The summed E-state index contributed by atoms with van der Waals surface area (Å²) in [4.78, 5) is 18.3. The molecule has 5 nitrogen and oxygen atoms in total. The molecule has 0 N–H and O–H groups in total. The number of fused-ring (bicyclic) bond motifs is 1. The lowest BCUT2D eigenvalue weighted by Crippen LogP contribution is -2.21. The van der Waals surface area contributed by atoms with Crippen LogP contribution < -0.4 is 5.56 Å². The third-order valence-electron chi connectivity index (χ3n) is 4.83. The van der Waals surface area contributed by atoms with Crippen molar-refractivity contribution in [3.8, 4) is 22.8 Å². The molecule has 0 aliphatic rings. The number of aromatic nitrogens is 4. The molecule has 0 amide bonds. The topological polar surface area (TPSA) is 52.7 Å². The van der Waals surface area contributed by atoms with Gasteiger partial charge in [0.2, 0.25) is 0 Å². The summed E-state index contributed by atoms with van der Waals surface area (Å²) in [5, 5.41) is 6.29. The molecule has 0 aliphatic carbocycles. The van der Waals surface area contributed by atoms with E-state index in [2.05, 4.69) is 5.10 Å². The number of rotatable bonds is 3. The molecule has 0 unspecified atom stereocenters. The van der Waals surface area contributed by atoms with Gasteiger partial charge in [-0.1, -0.05) is 53.0 Å². The summed E-state index contributed by atoms with van der Waals surface area (Å²) < 4.78 is 3.11. The molecule has 3 aromatic carbocycles. The summed E-state index contributed by atoms with van der Waals surface area (Å²) >= 11 is 18.6. The molecule has 0 aliphatic heterocycles. The molecular formula is C23H13Cl3N4O. The molecule has 0 fully saturated rings. The zero-order valence-corrected chi connectivity index (χ0v) is 18.1. The van der Waals surface area contributed by atoms with Gasteiger partial charge in [0.15, 0.2) is 5.65 Å². The van der Waals surface area contributed by atoms with E-state index in [1.54, 1.807) is 53.3 Å². The van der Waals surface area contributed by atoms with Gasteiger partial charge >= 0.3 is 0 Å². The minimum atomic E-state index is -0.290. The summed E-state index contributed by atoms with van der Waals surface area (Å²) in [6.07, 6.45) is 1.67. The third kappa shape index (κ3) is 3.61. The maximum Gasteiger partial charge on any atom is 0.269 e. The first kappa shape index (κ1) is 19.8. The Hall–Kier alpha value is -3.12. The maximum atomic E-state index is 13.6. The summed E-state index contributed by atoms with van der Waals surface area (Å²) in [6, 6.07) is 21.6. The van der Waals surface area contributed by atoms with Crippen molar-refractivity contribution in [2.45, 2.75) is 0 Å². The molecule has 5 aromatic rings. The van der Waals surface area contributed by atoms with E-state index in [9.17, 15) is 4.79 Å². The van der Waals surface area contributed by atoms with Crippen molar-refractivity contribution in [3.63, 3.8) is 0 Å². The summed E-state index contributed by atoms with van der Waals surface area (Å²) in [6.45, 7) is 0. The van der Waals surface area contributed by atoms with Crippen LogP contribution >= 0.6 is 34.8 Å². The van der Waals surface area contributed by atoms with Crippen LogP contribution in [0.15, 0.2) is 83.8 Å². The van der Waals surface area contributed by atoms with Gasteiger partial charge in [-0.2, -0.15) is 0 Å². The lowest BCUT2D eigenvalue weighted by molar-refractivity contribution is 0.888. The molecule has 0 radical (unpaired) electrons. The van der Waals surface area contributed by atoms with Crippen molar-refractivity contribution in [3.05, 3.63) is 104 Å². The van der Waals surface area contributed by atoms with Crippen LogP contribution in [0.2, 0.25) is 15.1 Å². The lowest BCUT2D eigenvalue weighted by atomic mass is 10.2. The van der Waals surface area contributed by atoms with Gasteiger partial charge in [-0.05, 0) is 54.6 Å². The molecule has 2 heterocycles. The van der Waals surface area contributed by atoms with Crippen molar-refractivity contribution in [1.29, 1.82) is 0 Å². The standard InChI is InChI=1S/C23H13Cl3N4O/c24-15-8-6-14(7-9-15)22-27-21-18(13-29(28-21)17-4-2-1-3-5-17)23(31)30(22)20-11-10-16(25)12-19(20)26/h1-13H. The van der Waals surface area contributed by atoms with E-state index in [1.807, 2.05) is 30.3 Å².